The molecule has 5 nitrogen and oxygen atoms in total. The van der Waals surface area contributed by atoms with Crippen molar-refractivity contribution in [2.45, 2.75) is 13.1 Å². The summed E-state index contributed by atoms with van der Waals surface area (Å²) in [4.78, 5) is 11.3. The molecular weight excluding hydrogens is 297 g/mol. The summed E-state index contributed by atoms with van der Waals surface area (Å²) in [6.45, 7) is 1.69. The van der Waals surface area contributed by atoms with E-state index in [0.29, 0.717) is 17.0 Å². The second-order valence-electron chi connectivity index (χ2n) is 4.60. The van der Waals surface area contributed by atoms with Crippen molar-refractivity contribution in [2.75, 3.05) is 7.11 Å². The number of rotatable bonds is 2. The van der Waals surface area contributed by atoms with Gasteiger partial charge in [-0.15, -0.1) is 0 Å². The van der Waals surface area contributed by atoms with E-state index in [9.17, 15) is 13.2 Å². The van der Waals surface area contributed by atoms with Gasteiger partial charge in [0.2, 0.25) is 5.82 Å². The number of halogens is 3. The van der Waals surface area contributed by atoms with E-state index in [1.165, 1.54) is 23.9 Å². The molecule has 1 aromatic carbocycles. The Morgan fingerprint density at radius 1 is 1.18 bits per heavy atom. The van der Waals surface area contributed by atoms with Gasteiger partial charge in [-0.3, -0.25) is 4.57 Å². The lowest BCUT2D eigenvalue weighted by Crippen LogP contribution is -2.14. The average molecular weight is 308 g/mol. The third-order valence-corrected chi connectivity index (χ3v) is 3.19. The highest BCUT2D eigenvalue weighted by Gasteiger charge is 2.35. The minimum absolute atomic E-state index is 0.134. The van der Waals surface area contributed by atoms with Crippen LogP contribution in [-0.4, -0.2) is 26.6 Å². The Balaban J connectivity index is 2.36. The minimum Gasteiger partial charge on any atom is -0.497 e. The van der Waals surface area contributed by atoms with Crippen LogP contribution in [0.1, 0.15) is 11.6 Å². The molecule has 0 amide bonds. The molecule has 3 aromatic rings. The molecule has 0 fully saturated rings. The van der Waals surface area contributed by atoms with Crippen LogP contribution in [0.4, 0.5) is 13.2 Å². The number of imidazole rings is 1. The van der Waals surface area contributed by atoms with Crippen molar-refractivity contribution in [3.05, 3.63) is 42.2 Å². The van der Waals surface area contributed by atoms with E-state index in [2.05, 4.69) is 15.0 Å². The Morgan fingerprint density at radius 2 is 1.95 bits per heavy atom. The number of aromatic nitrogens is 4. The molecule has 0 N–H and O–H groups in total. The van der Waals surface area contributed by atoms with E-state index < -0.39 is 12.0 Å². The van der Waals surface area contributed by atoms with Gasteiger partial charge in [0.05, 0.1) is 12.6 Å². The fourth-order valence-electron chi connectivity index (χ4n) is 2.13. The summed E-state index contributed by atoms with van der Waals surface area (Å²) >= 11 is 0. The van der Waals surface area contributed by atoms with Crippen molar-refractivity contribution in [3.63, 3.8) is 0 Å². The highest BCUT2D eigenvalue weighted by Crippen LogP contribution is 2.31. The first kappa shape index (κ1) is 14.3. The zero-order valence-electron chi connectivity index (χ0n) is 11.7. The molecule has 0 radical (unpaired) electrons. The molecule has 2 aromatic heterocycles. The normalized spacial score (nSPS) is 11.9. The average Bonchev–Trinajstić information content (AvgIpc) is 2.90. The van der Waals surface area contributed by atoms with Gasteiger partial charge in [0.15, 0.2) is 0 Å². The van der Waals surface area contributed by atoms with E-state index in [4.69, 9.17) is 4.74 Å². The Kier molecular flexibility index (Phi) is 3.23. The van der Waals surface area contributed by atoms with Gasteiger partial charge < -0.3 is 4.74 Å². The third-order valence-electron chi connectivity index (χ3n) is 3.19. The predicted octanol–water partition coefficient (Wildman–Crippen LogP) is 3.15. The van der Waals surface area contributed by atoms with Gasteiger partial charge in [-0.2, -0.15) is 13.2 Å². The lowest BCUT2D eigenvalue weighted by molar-refractivity contribution is -0.144. The first-order chi connectivity index (χ1) is 10.4. The summed E-state index contributed by atoms with van der Waals surface area (Å²) < 4.78 is 45.7. The fourth-order valence-corrected chi connectivity index (χ4v) is 2.13. The van der Waals surface area contributed by atoms with Crippen LogP contribution in [0.25, 0.3) is 16.7 Å². The largest absolute Gasteiger partial charge is 0.497 e. The van der Waals surface area contributed by atoms with E-state index in [-0.39, 0.29) is 11.3 Å². The van der Waals surface area contributed by atoms with E-state index in [1.807, 2.05) is 0 Å². The number of alkyl halides is 3. The summed E-state index contributed by atoms with van der Waals surface area (Å²) in [5.74, 6) is -0.108. The molecule has 0 spiro atoms. The first-order valence-corrected chi connectivity index (χ1v) is 6.33. The number of hydrogen-bond donors (Lipinski definition) is 0. The Labute approximate surface area is 123 Å². The van der Waals surface area contributed by atoms with Crippen LogP contribution in [0, 0.1) is 6.92 Å². The molecule has 0 saturated heterocycles. The standard InChI is InChI=1S/C14H11F3N4O/c1-8-18-5-6-21(8)12-10-4-3-9(22-2)7-11(10)19-13(20-12)14(15,16)17/h3-7H,1-2H3. The van der Waals surface area contributed by atoms with Gasteiger partial charge in [-0.25, -0.2) is 15.0 Å². The summed E-state index contributed by atoms with van der Waals surface area (Å²) in [5, 5.41) is 0.481. The van der Waals surface area contributed by atoms with Crippen molar-refractivity contribution < 1.29 is 17.9 Å². The third kappa shape index (κ3) is 2.36. The molecule has 0 unspecified atom stereocenters. The molecule has 0 bridgehead atoms. The number of benzene rings is 1. The maximum absolute atomic E-state index is 13.0. The van der Waals surface area contributed by atoms with Crippen LogP contribution in [0.5, 0.6) is 5.75 Å². The molecular formula is C14H11F3N4O. The van der Waals surface area contributed by atoms with Gasteiger partial charge in [-0.1, -0.05) is 0 Å². The van der Waals surface area contributed by atoms with Crippen molar-refractivity contribution in [1.82, 2.24) is 19.5 Å². The number of hydrogen-bond acceptors (Lipinski definition) is 4. The van der Waals surface area contributed by atoms with E-state index >= 15 is 0 Å². The quantitative estimate of drug-likeness (QED) is 0.730. The second kappa shape index (κ2) is 4.97. The molecule has 114 valence electrons. The minimum atomic E-state index is -4.64. The molecule has 0 saturated carbocycles. The highest BCUT2D eigenvalue weighted by atomic mass is 19.4. The smallest absolute Gasteiger partial charge is 0.451 e. The molecule has 0 atom stereocenters. The Hall–Kier alpha value is -2.64. The van der Waals surface area contributed by atoms with Gasteiger partial charge >= 0.3 is 6.18 Å². The van der Waals surface area contributed by atoms with Gasteiger partial charge in [-0.05, 0) is 19.1 Å². The molecule has 2 heterocycles. The Bertz CT molecular complexity index is 842. The van der Waals surface area contributed by atoms with E-state index in [1.54, 1.807) is 25.3 Å². The molecule has 0 aliphatic heterocycles. The number of nitrogens with zero attached hydrogens (tertiary/aromatic N) is 4. The lowest BCUT2D eigenvalue weighted by atomic mass is 10.2. The first-order valence-electron chi connectivity index (χ1n) is 6.33. The molecule has 0 aliphatic rings. The second-order valence-corrected chi connectivity index (χ2v) is 4.60. The summed E-state index contributed by atoms with van der Waals surface area (Å²) in [5.41, 5.74) is 0.157. The van der Waals surface area contributed by atoms with Crippen molar-refractivity contribution in [1.29, 1.82) is 0 Å². The molecule has 3 rings (SSSR count). The highest BCUT2D eigenvalue weighted by molar-refractivity contribution is 5.86. The molecule has 0 aliphatic carbocycles. The zero-order valence-corrected chi connectivity index (χ0v) is 11.7. The Morgan fingerprint density at radius 3 is 2.55 bits per heavy atom. The summed E-state index contributed by atoms with van der Waals surface area (Å²) in [6, 6.07) is 4.72. The lowest BCUT2D eigenvalue weighted by Gasteiger charge is -2.12. The SMILES string of the molecule is COc1ccc2c(-n3ccnc3C)nc(C(F)(F)F)nc2c1. The number of methoxy groups -OCH3 is 1. The number of ether oxygens (including phenoxy) is 1. The predicted molar refractivity (Wildman–Crippen MR) is 73.0 cm³/mol. The van der Waals surface area contributed by atoms with Crippen molar-refractivity contribution >= 4 is 10.9 Å². The van der Waals surface area contributed by atoms with Crippen LogP contribution in [-0.2, 0) is 6.18 Å². The van der Waals surface area contributed by atoms with Crippen molar-refractivity contribution in [3.8, 4) is 11.6 Å². The monoisotopic (exact) mass is 308 g/mol. The van der Waals surface area contributed by atoms with Gasteiger partial charge in [0.1, 0.15) is 17.4 Å². The van der Waals surface area contributed by atoms with Crippen LogP contribution in [0.15, 0.2) is 30.6 Å². The van der Waals surface area contributed by atoms with E-state index in [0.717, 1.165) is 0 Å². The van der Waals surface area contributed by atoms with Crippen LogP contribution >= 0.6 is 0 Å². The van der Waals surface area contributed by atoms with Crippen molar-refractivity contribution in [2.24, 2.45) is 0 Å². The maximum Gasteiger partial charge on any atom is 0.451 e. The van der Waals surface area contributed by atoms with Gasteiger partial charge in [0.25, 0.3) is 0 Å². The summed E-state index contributed by atoms with van der Waals surface area (Å²) in [6.07, 6.45) is -1.58. The summed E-state index contributed by atoms with van der Waals surface area (Å²) in [7, 11) is 1.44. The van der Waals surface area contributed by atoms with Crippen LogP contribution in [0.3, 0.4) is 0 Å². The topological polar surface area (TPSA) is 52.8 Å². The zero-order chi connectivity index (χ0) is 15.9. The molecule has 8 heteroatoms. The van der Waals surface area contributed by atoms with Crippen LogP contribution < -0.4 is 4.74 Å². The maximum atomic E-state index is 13.0. The molecule has 22 heavy (non-hydrogen) atoms. The number of fused-ring (bicyclic) bond motifs is 1. The van der Waals surface area contributed by atoms with Gasteiger partial charge in [0, 0.05) is 23.8 Å². The fraction of sp³-hybridized carbons (Fsp3) is 0.214. The van der Waals surface area contributed by atoms with Crippen LogP contribution in [0.2, 0.25) is 0 Å². The number of aryl methyl sites for hydroxylation is 1.